The molecule has 1 aromatic rings. The van der Waals surface area contributed by atoms with Gasteiger partial charge in [-0.15, -0.1) is 0 Å². The van der Waals surface area contributed by atoms with Gasteiger partial charge in [0.1, 0.15) is 0 Å². The molecule has 0 radical (unpaired) electrons. The number of benzene rings is 1. The molecule has 0 aliphatic heterocycles. The van der Waals surface area contributed by atoms with Gasteiger partial charge in [-0.05, 0) is 29.5 Å². The van der Waals surface area contributed by atoms with Crippen molar-refractivity contribution in [2.75, 3.05) is 0 Å². The van der Waals surface area contributed by atoms with Crippen LogP contribution in [0.15, 0.2) is 16.6 Å². The van der Waals surface area contributed by atoms with Crippen LogP contribution in [0.1, 0.15) is 53.5 Å². The smallest absolute Gasteiger partial charge is 0.336 e. The Balaban J connectivity index is 3.33. The highest BCUT2D eigenvalue weighted by Crippen LogP contribution is 2.31. The monoisotopic (exact) mass is 328 g/mol. The van der Waals surface area contributed by atoms with E-state index in [9.17, 15) is 9.59 Å². The molecule has 4 nitrogen and oxygen atoms in total. The van der Waals surface area contributed by atoms with E-state index in [-0.39, 0.29) is 16.5 Å². The predicted octanol–water partition coefficient (Wildman–Crippen LogP) is 3.82. The number of carboxylic acids is 2. The van der Waals surface area contributed by atoms with Crippen molar-refractivity contribution in [2.24, 2.45) is 5.41 Å². The van der Waals surface area contributed by atoms with Gasteiger partial charge in [-0.2, -0.15) is 0 Å². The maximum Gasteiger partial charge on any atom is 0.336 e. The third-order valence-electron chi connectivity index (χ3n) is 3.27. The Bertz CT molecular complexity index is 520. The Labute approximate surface area is 120 Å². The Hall–Kier alpha value is -1.36. The fourth-order valence-corrected chi connectivity index (χ4v) is 2.23. The third-order valence-corrected chi connectivity index (χ3v) is 4.01. The van der Waals surface area contributed by atoms with Crippen LogP contribution in [0.3, 0.4) is 0 Å². The van der Waals surface area contributed by atoms with Gasteiger partial charge in [0.25, 0.3) is 0 Å². The van der Waals surface area contributed by atoms with Gasteiger partial charge in [-0.25, -0.2) is 9.59 Å². The lowest BCUT2D eigenvalue weighted by Gasteiger charge is -2.23. The zero-order valence-electron chi connectivity index (χ0n) is 11.2. The lowest BCUT2D eigenvalue weighted by molar-refractivity contribution is 0.0651. The van der Waals surface area contributed by atoms with Crippen molar-refractivity contribution in [3.05, 3.63) is 33.3 Å². The van der Waals surface area contributed by atoms with E-state index in [1.165, 1.54) is 12.1 Å². The fourth-order valence-electron chi connectivity index (χ4n) is 1.75. The van der Waals surface area contributed by atoms with E-state index in [1.54, 1.807) is 0 Å². The van der Waals surface area contributed by atoms with Gasteiger partial charge in [-0.1, -0.05) is 43.1 Å². The molecule has 104 valence electrons. The molecule has 0 aliphatic rings. The number of halogens is 1. The van der Waals surface area contributed by atoms with Crippen LogP contribution in [0.5, 0.6) is 0 Å². The molecule has 1 aromatic carbocycles. The Kier molecular flexibility index (Phi) is 4.74. The standard InChI is InChI=1S/C14H17BrO4/c1-4-14(2,3)7-8-5-9(12(16)17)10(13(18)19)6-11(8)15/h5-6H,4,7H2,1-3H3,(H,16,17)(H,18,19). The van der Waals surface area contributed by atoms with Crippen molar-refractivity contribution in [1.82, 2.24) is 0 Å². The van der Waals surface area contributed by atoms with Crippen molar-refractivity contribution in [1.29, 1.82) is 0 Å². The summed E-state index contributed by atoms with van der Waals surface area (Å²) in [5.41, 5.74) is 0.479. The molecule has 2 N–H and O–H groups in total. The van der Waals surface area contributed by atoms with Crippen molar-refractivity contribution in [3.8, 4) is 0 Å². The molecule has 0 bridgehead atoms. The topological polar surface area (TPSA) is 74.6 Å². The van der Waals surface area contributed by atoms with Crippen molar-refractivity contribution < 1.29 is 19.8 Å². The van der Waals surface area contributed by atoms with Crippen LogP contribution in [0.2, 0.25) is 0 Å². The number of aromatic carboxylic acids is 2. The minimum Gasteiger partial charge on any atom is -0.478 e. The van der Waals surface area contributed by atoms with Crippen molar-refractivity contribution in [3.63, 3.8) is 0 Å². The van der Waals surface area contributed by atoms with Crippen LogP contribution in [-0.4, -0.2) is 22.2 Å². The molecule has 0 unspecified atom stereocenters. The minimum absolute atomic E-state index is 0.0308. The van der Waals surface area contributed by atoms with Crippen LogP contribution >= 0.6 is 15.9 Å². The largest absolute Gasteiger partial charge is 0.478 e. The fraction of sp³-hybridized carbons (Fsp3) is 0.429. The summed E-state index contributed by atoms with van der Waals surface area (Å²) in [6.07, 6.45) is 1.63. The molecule has 0 amide bonds. The summed E-state index contributed by atoms with van der Waals surface area (Å²) in [4.78, 5) is 22.2. The first kappa shape index (κ1) is 15.7. The van der Waals surface area contributed by atoms with E-state index in [0.717, 1.165) is 12.0 Å². The summed E-state index contributed by atoms with van der Waals surface area (Å²) in [5.74, 6) is -2.46. The van der Waals surface area contributed by atoms with E-state index in [1.807, 2.05) is 0 Å². The molecule has 0 fully saturated rings. The molecule has 0 saturated heterocycles. The lowest BCUT2D eigenvalue weighted by atomic mass is 9.83. The van der Waals surface area contributed by atoms with Crippen molar-refractivity contribution >= 4 is 27.9 Å². The van der Waals surface area contributed by atoms with Gasteiger partial charge < -0.3 is 10.2 Å². The van der Waals surface area contributed by atoms with E-state index in [2.05, 4.69) is 36.7 Å². The number of carbonyl (C=O) groups is 2. The van der Waals surface area contributed by atoms with Crippen LogP contribution in [-0.2, 0) is 6.42 Å². The predicted molar refractivity (Wildman–Crippen MR) is 75.8 cm³/mol. The number of rotatable bonds is 5. The number of carboxylic acid groups (broad SMARTS) is 2. The Morgan fingerprint density at radius 2 is 1.63 bits per heavy atom. The molecule has 0 saturated carbocycles. The summed E-state index contributed by atoms with van der Waals surface area (Å²) >= 11 is 3.32. The quantitative estimate of drug-likeness (QED) is 0.861. The van der Waals surface area contributed by atoms with E-state index >= 15 is 0 Å². The first-order valence-electron chi connectivity index (χ1n) is 5.97. The van der Waals surface area contributed by atoms with Gasteiger partial charge in [-0.3, -0.25) is 0 Å². The molecule has 0 heterocycles. The van der Waals surface area contributed by atoms with E-state index in [4.69, 9.17) is 10.2 Å². The highest BCUT2D eigenvalue weighted by molar-refractivity contribution is 9.10. The molecule has 0 atom stereocenters. The minimum atomic E-state index is -1.24. The second kappa shape index (κ2) is 5.74. The number of hydrogen-bond acceptors (Lipinski definition) is 2. The molecular weight excluding hydrogens is 312 g/mol. The first-order chi connectivity index (χ1) is 8.68. The first-order valence-corrected chi connectivity index (χ1v) is 6.76. The van der Waals surface area contributed by atoms with E-state index < -0.39 is 11.9 Å². The maximum absolute atomic E-state index is 11.1. The summed E-state index contributed by atoms with van der Waals surface area (Å²) in [7, 11) is 0. The van der Waals surface area contributed by atoms with Gasteiger partial charge in [0.2, 0.25) is 0 Å². The van der Waals surface area contributed by atoms with Gasteiger partial charge in [0.15, 0.2) is 0 Å². The maximum atomic E-state index is 11.1. The van der Waals surface area contributed by atoms with E-state index in [0.29, 0.717) is 10.9 Å². The number of hydrogen-bond donors (Lipinski definition) is 2. The Morgan fingerprint density at radius 3 is 2.05 bits per heavy atom. The molecule has 19 heavy (non-hydrogen) atoms. The van der Waals surface area contributed by atoms with Crippen LogP contribution in [0.25, 0.3) is 0 Å². The van der Waals surface area contributed by atoms with Crippen LogP contribution in [0.4, 0.5) is 0 Å². The molecule has 0 aromatic heterocycles. The second-order valence-electron chi connectivity index (χ2n) is 5.29. The zero-order valence-corrected chi connectivity index (χ0v) is 12.7. The van der Waals surface area contributed by atoms with Crippen LogP contribution < -0.4 is 0 Å². The molecule has 1 rings (SSSR count). The third kappa shape index (κ3) is 3.80. The van der Waals surface area contributed by atoms with Crippen molar-refractivity contribution in [2.45, 2.75) is 33.6 Å². The molecule has 0 spiro atoms. The summed E-state index contributed by atoms with van der Waals surface area (Å²) in [5, 5.41) is 18.1. The molecule has 0 aliphatic carbocycles. The van der Waals surface area contributed by atoms with Crippen LogP contribution in [0, 0.1) is 5.41 Å². The molecule has 5 heteroatoms. The average Bonchev–Trinajstić information content (AvgIpc) is 2.30. The second-order valence-corrected chi connectivity index (χ2v) is 6.15. The lowest BCUT2D eigenvalue weighted by Crippen LogP contribution is -2.16. The summed E-state index contributed by atoms with van der Waals surface area (Å²) in [6, 6.07) is 2.82. The molecular formula is C14H17BrO4. The summed E-state index contributed by atoms with van der Waals surface area (Å²) < 4.78 is 0.636. The zero-order chi connectivity index (χ0) is 14.8. The average molecular weight is 329 g/mol. The van der Waals surface area contributed by atoms with Gasteiger partial charge >= 0.3 is 11.9 Å². The summed E-state index contributed by atoms with van der Waals surface area (Å²) in [6.45, 7) is 6.24. The SMILES string of the molecule is CCC(C)(C)Cc1cc(C(=O)O)c(C(=O)O)cc1Br. The Morgan fingerprint density at radius 1 is 1.16 bits per heavy atom. The normalized spacial score (nSPS) is 11.4. The van der Waals surface area contributed by atoms with Gasteiger partial charge in [0.05, 0.1) is 11.1 Å². The highest BCUT2D eigenvalue weighted by Gasteiger charge is 2.22. The van der Waals surface area contributed by atoms with Gasteiger partial charge in [0, 0.05) is 4.47 Å². The highest BCUT2D eigenvalue weighted by atomic mass is 79.9.